The Bertz CT molecular complexity index is 776. The lowest BCUT2D eigenvalue weighted by atomic mass is 9.77. The van der Waals surface area contributed by atoms with Crippen molar-refractivity contribution in [3.8, 4) is 0 Å². The second-order valence-electron chi connectivity index (χ2n) is 10.2. The molecule has 5 nitrogen and oxygen atoms in total. The molecule has 1 aromatic carbocycles. The summed E-state index contributed by atoms with van der Waals surface area (Å²) in [5, 5.41) is 19.1. The van der Waals surface area contributed by atoms with Crippen LogP contribution in [0.3, 0.4) is 0 Å². The summed E-state index contributed by atoms with van der Waals surface area (Å²) in [7, 11) is 0. The van der Waals surface area contributed by atoms with Crippen LogP contribution in [-0.2, 0) is 20.7 Å². The van der Waals surface area contributed by atoms with Gasteiger partial charge in [-0.2, -0.15) is 0 Å². The van der Waals surface area contributed by atoms with Crippen LogP contribution >= 0.6 is 0 Å². The summed E-state index contributed by atoms with van der Waals surface area (Å²) < 4.78 is 10.8. The molecule has 5 heteroatoms. The molecule has 2 atom stereocenters. The average molecular weight is 487 g/mol. The molecule has 0 amide bonds. The van der Waals surface area contributed by atoms with E-state index < -0.39 is 12.3 Å². The number of aryl methyl sites for hydroxylation is 1. The van der Waals surface area contributed by atoms with Gasteiger partial charge < -0.3 is 19.7 Å². The molecular weight excluding hydrogens is 440 g/mol. The zero-order valence-corrected chi connectivity index (χ0v) is 21.8. The van der Waals surface area contributed by atoms with Crippen molar-refractivity contribution in [1.29, 1.82) is 0 Å². The van der Waals surface area contributed by atoms with E-state index in [1.807, 2.05) is 0 Å². The number of carbonyl (C=O) groups excluding carboxylic acids is 1. The fraction of sp³-hybridized carbons (Fsp3) is 0.633. The summed E-state index contributed by atoms with van der Waals surface area (Å²) in [6, 6.07) is 8.98. The van der Waals surface area contributed by atoms with Crippen molar-refractivity contribution in [2.45, 2.75) is 90.3 Å². The van der Waals surface area contributed by atoms with Crippen molar-refractivity contribution < 1.29 is 24.5 Å². The Morgan fingerprint density at radius 2 is 1.77 bits per heavy atom. The summed E-state index contributed by atoms with van der Waals surface area (Å²) in [6.45, 7) is 11.1. The van der Waals surface area contributed by atoms with Crippen molar-refractivity contribution in [2.75, 3.05) is 19.8 Å². The van der Waals surface area contributed by atoms with E-state index in [2.05, 4.69) is 44.3 Å². The maximum Gasteiger partial charge on any atom is 0.333 e. The highest BCUT2D eigenvalue weighted by Crippen LogP contribution is 2.37. The van der Waals surface area contributed by atoms with Crippen LogP contribution in [0.1, 0.15) is 88.7 Å². The lowest BCUT2D eigenvalue weighted by molar-refractivity contribution is -0.142. The molecule has 35 heavy (non-hydrogen) atoms. The van der Waals surface area contributed by atoms with Gasteiger partial charge >= 0.3 is 5.97 Å². The van der Waals surface area contributed by atoms with Gasteiger partial charge in [-0.05, 0) is 68.4 Å². The fourth-order valence-electron chi connectivity index (χ4n) is 4.75. The molecule has 196 valence electrons. The van der Waals surface area contributed by atoms with Gasteiger partial charge in [0.1, 0.15) is 0 Å². The van der Waals surface area contributed by atoms with E-state index in [-0.39, 0.29) is 31.3 Å². The number of unbranched alkanes of at least 4 members (excludes halogenated alkanes) is 2. The quantitative estimate of drug-likeness (QED) is 0.0972. The summed E-state index contributed by atoms with van der Waals surface area (Å²) in [6.07, 6.45) is 11.1. The SMILES string of the molecule is C=C(C)C(=O)OCC(CCc1ccc(C2CCC(CCCCC)CC2)cc1)COC(O)C(=C)CO. The number of aliphatic hydroxyl groups is 2. The highest BCUT2D eigenvalue weighted by molar-refractivity contribution is 5.86. The molecule has 0 radical (unpaired) electrons. The summed E-state index contributed by atoms with van der Waals surface area (Å²) >= 11 is 0. The highest BCUT2D eigenvalue weighted by Gasteiger charge is 2.22. The second kappa shape index (κ2) is 15.9. The minimum absolute atomic E-state index is 0.0953. The molecule has 1 fully saturated rings. The summed E-state index contributed by atoms with van der Waals surface area (Å²) in [4.78, 5) is 11.8. The van der Waals surface area contributed by atoms with Crippen LogP contribution in [-0.4, -0.2) is 42.3 Å². The summed E-state index contributed by atoms with van der Waals surface area (Å²) in [5.41, 5.74) is 3.23. The van der Waals surface area contributed by atoms with E-state index in [0.29, 0.717) is 11.5 Å². The highest BCUT2D eigenvalue weighted by atomic mass is 16.6. The molecular formula is C30H46O5. The Labute approximate surface area is 212 Å². The Hall–Kier alpha value is -1.95. The van der Waals surface area contributed by atoms with E-state index in [1.165, 1.54) is 62.5 Å². The van der Waals surface area contributed by atoms with Gasteiger partial charge in [0.05, 0.1) is 19.8 Å². The van der Waals surface area contributed by atoms with Crippen molar-refractivity contribution >= 4 is 5.97 Å². The molecule has 0 spiro atoms. The minimum atomic E-state index is -1.24. The largest absolute Gasteiger partial charge is 0.462 e. The summed E-state index contributed by atoms with van der Waals surface area (Å²) in [5.74, 6) is 1.07. The Balaban J connectivity index is 1.85. The molecule has 2 N–H and O–H groups in total. The van der Waals surface area contributed by atoms with Crippen LogP contribution < -0.4 is 0 Å². The van der Waals surface area contributed by atoms with E-state index in [0.717, 1.165) is 18.8 Å². The van der Waals surface area contributed by atoms with Gasteiger partial charge in [-0.25, -0.2) is 4.79 Å². The number of hydrogen-bond acceptors (Lipinski definition) is 5. The van der Waals surface area contributed by atoms with Crippen LogP contribution in [0.5, 0.6) is 0 Å². The van der Waals surface area contributed by atoms with Crippen LogP contribution in [0, 0.1) is 11.8 Å². The van der Waals surface area contributed by atoms with E-state index in [4.69, 9.17) is 14.6 Å². The van der Waals surface area contributed by atoms with Crippen LogP contribution in [0.4, 0.5) is 0 Å². The molecule has 2 rings (SSSR count). The minimum Gasteiger partial charge on any atom is -0.462 e. The standard InChI is InChI=1S/C30H46O5/c1-5-6-7-8-24-11-15-27(16-12-24)28-17-13-25(14-18-28)9-10-26(20-34-29(32)22(2)3)21-35-30(33)23(4)19-31/h13-14,17-18,24,26-27,30-31,33H,2,4-12,15-16,19-21H2,1,3H3. The number of hydrogen-bond donors (Lipinski definition) is 2. The second-order valence-corrected chi connectivity index (χ2v) is 10.2. The van der Waals surface area contributed by atoms with E-state index in [1.54, 1.807) is 6.92 Å². The maximum atomic E-state index is 11.8. The van der Waals surface area contributed by atoms with Gasteiger partial charge in [-0.3, -0.25) is 0 Å². The number of rotatable bonds is 16. The number of esters is 1. The fourth-order valence-corrected chi connectivity index (χ4v) is 4.75. The predicted molar refractivity (Wildman–Crippen MR) is 141 cm³/mol. The zero-order chi connectivity index (χ0) is 25.6. The first-order valence-electron chi connectivity index (χ1n) is 13.3. The van der Waals surface area contributed by atoms with Crippen LogP contribution in [0.25, 0.3) is 0 Å². The Kier molecular flexibility index (Phi) is 13.3. The normalized spacial score (nSPS) is 19.7. The van der Waals surface area contributed by atoms with Crippen molar-refractivity contribution in [3.63, 3.8) is 0 Å². The van der Waals surface area contributed by atoms with Gasteiger partial charge in [0.15, 0.2) is 6.29 Å². The van der Waals surface area contributed by atoms with Gasteiger partial charge in [0.2, 0.25) is 0 Å². The molecule has 0 bridgehead atoms. The van der Waals surface area contributed by atoms with Crippen LogP contribution in [0.2, 0.25) is 0 Å². The molecule has 2 unspecified atom stereocenters. The number of ether oxygens (including phenoxy) is 2. The van der Waals surface area contributed by atoms with Gasteiger partial charge in [-0.1, -0.05) is 70.0 Å². The molecule has 0 aromatic heterocycles. The van der Waals surface area contributed by atoms with Crippen molar-refractivity contribution in [1.82, 2.24) is 0 Å². The lowest BCUT2D eigenvalue weighted by Gasteiger charge is -2.29. The van der Waals surface area contributed by atoms with Crippen molar-refractivity contribution in [2.24, 2.45) is 11.8 Å². The van der Waals surface area contributed by atoms with Crippen LogP contribution in [0.15, 0.2) is 48.6 Å². The number of carbonyl (C=O) groups is 1. The van der Waals surface area contributed by atoms with E-state index >= 15 is 0 Å². The third-order valence-corrected chi connectivity index (χ3v) is 7.20. The maximum absolute atomic E-state index is 11.8. The topological polar surface area (TPSA) is 76.0 Å². The third-order valence-electron chi connectivity index (χ3n) is 7.20. The molecule has 0 aliphatic heterocycles. The lowest BCUT2D eigenvalue weighted by Crippen LogP contribution is -2.25. The molecule has 1 aliphatic carbocycles. The first-order chi connectivity index (χ1) is 16.8. The molecule has 1 aromatic rings. The molecule has 1 aliphatic rings. The Morgan fingerprint density at radius 3 is 2.37 bits per heavy atom. The molecule has 1 saturated carbocycles. The number of benzene rings is 1. The Morgan fingerprint density at radius 1 is 1.09 bits per heavy atom. The zero-order valence-electron chi connectivity index (χ0n) is 21.8. The monoisotopic (exact) mass is 486 g/mol. The van der Waals surface area contributed by atoms with Gasteiger partial charge in [0, 0.05) is 17.1 Å². The average Bonchev–Trinajstić information content (AvgIpc) is 2.88. The smallest absolute Gasteiger partial charge is 0.333 e. The van der Waals surface area contributed by atoms with Gasteiger partial charge in [0.25, 0.3) is 0 Å². The molecule has 0 heterocycles. The first kappa shape index (κ1) is 29.3. The third kappa shape index (κ3) is 10.7. The van der Waals surface area contributed by atoms with E-state index in [9.17, 15) is 9.90 Å². The first-order valence-corrected chi connectivity index (χ1v) is 13.3. The van der Waals surface area contributed by atoms with Gasteiger partial charge in [-0.15, -0.1) is 0 Å². The van der Waals surface area contributed by atoms with Crippen molar-refractivity contribution in [3.05, 3.63) is 59.7 Å². The molecule has 0 saturated heterocycles. The number of aliphatic hydroxyl groups excluding tert-OH is 2. The predicted octanol–water partition coefficient (Wildman–Crippen LogP) is 6.09.